The Morgan fingerprint density at radius 2 is 1.75 bits per heavy atom. The molecule has 1 heterocycles. The monoisotopic (exact) mass is 508 g/mol. The molecule has 8 nitrogen and oxygen atoms in total. The van der Waals surface area contributed by atoms with Gasteiger partial charge in [-0.2, -0.15) is 13.2 Å². The molecule has 0 aromatic heterocycles. The smallest absolute Gasteiger partial charge is 0.416 e. The van der Waals surface area contributed by atoms with E-state index in [0.29, 0.717) is 31.1 Å². The molecule has 3 rings (SSSR count). The van der Waals surface area contributed by atoms with Gasteiger partial charge in [-0.25, -0.2) is 4.79 Å². The van der Waals surface area contributed by atoms with Gasteiger partial charge in [-0.1, -0.05) is 6.92 Å². The summed E-state index contributed by atoms with van der Waals surface area (Å²) in [5.74, 6) is 0.220. The zero-order valence-electron chi connectivity index (χ0n) is 20.6. The number of carbonyl (C=O) groups is 2. The number of urea groups is 1. The van der Waals surface area contributed by atoms with E-state index in [1.54, 1.807) is 31.2 Å². The SMILES string of the molecule is CO[C@@H]1CN(C)C(=O)c2cc(NC(=O)Nc3ccc(C(F)(F)F)cc3)ccc2OC[C@@H](C)NC[C@@H]1C. The summed E-state index contributed by atoms with van der Waals surface area (Å²) in [6.45, 7) is 5.42. The van der Waals surface area contributed by atoms with Crippen LogP contribution in [0.2, 0.25) is 0 Å². The van der Waals surface area contributed by atoms with E-state index in [1.807, 2.05) is 13.8 Å². The molecule has 1 aliphatic rings. The third kappa shape index (κ3) is 7.11. The van der Waals surface area contributed by atoms with Crippen LogP contribution in [-0.4, -0.2) is 62.8 Å². The summed E-state index contributed by atoms with van der Waals surface area (Å²) < 4.78 is 49.8. The quantitative estimate of drug-likeness (QED) is 0.570. The molecule has 0 radical (unpaired) electrons. The summed E-state index contributed by atoms with van der Waals surface area (Å²) in [4.78, 5) is 27.3. The Bertz CT molecular complexity index is 1060. The van der Waals surface area contributed by atoms with E-state index in [9.17, 15) is 22.8 Å². The van der Waals surface area contributed by atoms with Crippen molar-refractivity contribution >= 4 is 23.3 Å². The summed E-state index contributed by atoms with van der Waals surface area (Å²) in [6, 6.07) is 8.14. The predicted molar refractivity (Wildman–Crippen MR) is 130 cm³/mol. The number of nitrogens with one attached hydrogen (secondary N) is 3. The molecule has 0 spiro atoms. The number of ether oxygens (including phenoxy) is 2. The molecule has 36 heavy (non-hydrogen) atoms. The van der Waals surface area contributed by atoms with Crippen LogP contribution < -0.4 is 20.7 Å². The largest absolute Gasteiger partial charge is 0.491 e. The topological polar surface area (TPSA) is 91.9 Å². The first kappa shape index (κ1) is 27.3. The van der Waals surface area contributed by atoms with Crippen LogP contribution in [0.15, 0.2) is 42.5 Å². The van der Waals surface area contributed by atoms with Gasteiger partial charge in [0.1, 0.15) is 12.4 Å². The summed E-state index contributed by atoms with van der Waals surface area (Å²) in [5, 5.41) is 8.50. The van der Waals surface area contributed by atoms with Gasteiger partial charge >= 0.3 is 12.2 Å². The van der Waals surface area contributed by atoms with E-state index in [-0.39, 0.29) is 35.2 Å². The first-order valence-corrected chi connectivity index (χ1v) is 11.5. The van der Waals surface area contributed by atoms with Crippen molar-refractivity contribution in [2.24, 2.45) is 5.92 Å². The first-order chi connectivity index (χ1) is 17.0. The van der Waals surface area contributed by atoms with Crippen molar-refractivity contribution in [2.75, 3.05) is 44.5 Å². The van der Waals surface area contributed by atoms with Gasteiger partial charge in [-0.15, -0.1) is 0 Å². The molecule has 196 valence electrons. The standard InChI is InChI=1S/C25H31F3N4O4/c1-15-12-29-16(2)14-36-21-10-9-19(11-20(21)23(33)32(3)13-22(15)35-4)31-24(34)30-18-7-5-17(6-8-18)25(26,27)28/h5-11,15-16,22,29H,12-14H2,1-4H3,(H2,30,31,34)/t15-,16+,22+/m0/s1. The minimum atomic E-state index is -4.46. The van der Waals surface area contributed by atoms with E-state index in [1.165, 1.54) is 6.07 Å². The summed E-state index contributed by atoms with van der Waals surface area (Å²) in [6.07, 6.45) is -4.65. The van der Waals surface area contributed by atoms with Gasteiger partial charge in [-0.05, 0) is 55.3 Å². The third-order valence-electron chi connectivity index (χ3n) is 5.95. The van der Waals surface area contributed by atoms with Crippen molar-refractivity contribution in [3.63, 3.8) is 0 Å². The van der Waals surface area contributed by atoms with Crippen molar-refractivity contribution < 1.29 is 32.2 Å². The maximum absolute atomic E-state index is 13.3. The maximum Gasteiger partial charge on any atom is 0.416 e. The highest BCUT2D eigenvalue weighted by Crippen LogP contribution is 2.30. The number of alkyl halides is 3. The van der Waals surface area contributed by atoms with Gasteiger partial charge in [0.15, 0.2) is 0 Å². The van der Waals surface area contributed by atoms with Crippen LogP contribution in [0.1, 0.15) is 29.8 Å². The molecule has 1 aliphatic heterocycles. The van der Waals surface area contributed by atoms with Crippen molar-refractivity contribution in [3.8, 4) is 5.75 Å². The third-order valence-corrected chi connectivity index (χ3v) is 5.95. The number of amides is 3. The maximum atomic E-state index is 13.3. The van der Waals surface area contributed by atoms with Crippen LogP contribution in [0.4, 0.5) is 29.3 Å². The molecule has 2 aromatic rings. The normalized spacial score (nSPS) is 21.5. The number of likely N-dealkylation sites (N-methyl/N-ethyl adjacent to an activating group) is 1. The number of methoxy groups -OCH3 is 1. The average molecular weight is 509 g/mol. The molecular formula is C25H31F3N4O4. The van der Waals surface area contributed by atoms with Crippen LogP contribution in [0.3, 0.4) is 0 Å². The summed E-state index contributed by atoms with van der Waals surface area (Å²) in [7, 11) is 3.28. The van der Waals surface area contributed by atoms with Gasteiger partial charge < -0.3 is 30.3 Å². The Morgan fingerprint density at radius 3 is 2.39 bits per heavy atom. The van der Waals surface area contributed by atoms with Crippen molar-refractivity contribution in [2.45, 2.75) is 32.2 Å². The average Bonchev–Trinajstić information content (AvgIpc) is 2.83. The second-order valence-corrected chi connectivity index (χ2v) is 8.92. The zero-order chi connectivity index (χ0) is 26.5. The molecule has 0 saturated heterocycles. The van der Waals surface area contributed by atoms with Crippen LogP contribution in [0.25, 0.3) is 0 Å². The Hall–Kier alpha value is -3.31. The second-order valence-electron chi connectivity index (χ2n) is 8.92. The molecule has 0 fully saturated rings. The van der Waals surface area contributed by atoms with Crippen LogP contribution in [0.5, 0.6) is 5.75 Å². The van der Waals surface area contributed by atoms with E-state index in [0.717, 1.165) is 24.3 Å². The number of hydrogen-bond acceptors (Lipinski definition) is 5. The number of hydrogen-bond donors (Lipinski definition) is 3. The van der Waals surface area contributed by atoms with Crippen LogP contribution in [-0.2, 0) is 10.9 Å². The second kappa shape index (κ2) is 11.6. The Morgan fingerprint density at radius 1 is 1.11 bits per heavy atom. The lowest BCUT2D eigenvalue weighted by Gasteiger charge is -2.30. The number of carbonyl (C=O) groups excluding carboxylic acids is 2. The van der Waals surface area contributed by atoms with E-state index < -0.39 is 17.8 Å². The van der Waals surface area contributed by atoms with E-state index >= 15 is 0 Å². The molecular weight excluding hydrogens is 477 g/mol. The summed E-state index contributed by atoms with van der Waals surface area (Å²) >= 11 is 0. The molecule has 0 unspecified atom stereocenters. The Labute approximate surface area is 208 Å². The van der Waals surface area contributed by atoms with Gasteiger partial charge in [0, 0.05) is 44.7 Å². The Kier molecular flexibility index (Phi) is 8.80. The highest BCUT2D eigenvalue weighted by molar-refractivity contribution is 6.02. The molecule has 11 heteroatoms. The molecule has 0 bridgehead atoms. The minimum absolute atomic E-state index is 0.0253. The fourth-order valence-corrected chi connectivity index (χ4v) is 3.77. The number of rotatable bonds is 3. The van der Waals surface area contributed by atoms with Gasteiger partial charge in [-0.3, -0.25) is 4.79 Å². The highest BCUT2D eigenvalue weighted by Gasteiger charge is 2.30. The fourth-order valence-electron chi connectivity index (χ4n) is 3.77. The first-order valence-electron chi connectivity index (χ1n) is 11.5. The molecule has 0 saturated carbocycles. The van der Waals surface area contributed by atoms with Gasteiger partial charge in [0.2, 0.25) is 0 Å². The summed E-state index contributed by atoms with van der Waals surface area (Å²) in [5.41, 5.74) is -0.0451. The highest BCUT2D eigenvalue weighted by atomic mass is 19.4. The number of halogens is 3. The van der Waals surface area contributed by atoms with Crippen molar-refractivity contribution in [3.05, 3.63) is 53.6 Å². The Balaban J connectivity index is 1.78. The lowest BCUT2D eigenvalue weighted by molar-refractivity contribution is -0.137. The van der Waals surface area contributed by atoms with Crippen LogP contribution >= 0.6 is 0 Å². The van der Waals surface area contributed by atoms with Crippen molar-refractivity contribution in [1.29, 1.82) is 0 Å². The molecule has 3 N–H and O–H groups in total. The molecule has 3 atom stereocenters. The van der Waals surface area contributed by atoms with E-state index in [2.05, 4.69) is 16.0 Å². The predicted octanol–water partition coefficient (Wildman–Crippen LogP) is 4.44. The molecule has 3 amide bonds. The van der Waals surface area contributed by atoms with Gasteiger partial charge in [0.05, 0.1) is 17.2 Å². The minimum Gasteiger partial charge on any atom is -0.491 e. The lowest BCUT2D eigenvalue weighted by Crippen LogP contribution is -2.44. The fraction of sp³-hybridized carbons (Fsp3) is 0.440. The lowest BCUT2D eigenvalue weighted by atomic mass is 10.0. The number of benzene rings is 2. The zero-order valence-corrected chi connectivity index (χ0v) is 20.6. The number of fused-ring (bicyclic) bond motifs is 1. The molecule has 2 aromatic carbocycles. The number of anilines is 2. The van der Waals surface area contributed by atoms with E-state index in [4.69, 9.17) is 9.47 Å². The van der Waals surface area contributed by atoms with Crippen LogP contribution in [0, 0.1) is 5.92 Å². The number of nitrogens with zero attached hydrogens (tertiary/aromatic N) is 1. The molecule has 0 aliphatic carbocycles. The van der Waals surface area contributed by atoms with Crippen molar-refractivity contribution in [1.82, 2.24) is 10.2 Å². The van der Waals surface area contributed by atoms with Gasteiger partial charge in [0.25, 0.3) is 5.91 Å².